The molecule has 25 heavy (non-hydrogen) atoms. The number of aryl methyl sites for hydroxylation is 1. The summed E-state index contributed by atoms with van der Waals surface area (Å²) in [6, 6.07) is 11.3. The topological polar surface area (TPSA) is 34.6 Å². The second-order valence-electron chi connectivity index (χ2n) is 7.26. The number of benzene rings is 1. The molecular formula is C21H26N2O2. The predicted molar refractivity (Wildman–Crippen MR) is 97.9 cm³/mol. The van der Waals surface area contributed by atoms with Crippen LogP contribution in [0.1, 0.15) is 30.4 Å². The summed E-state index contributed by atoms with van der Waals surface area (Å²) in [5.74, 6) is 2.50. The molecule has 0 N–H and O–H groups in total. The Morgan fingerprint density at radius 2 is 2.08 bits per heavy atom. The van der Waals surface area contributed by atoms with Gasteiger partial charge in [-0.2, -0.15) is 0 Å². The molecule has 0 spiro atoms. The van der Waals surface area contributed by atoms with E-state index in [9.17, 15) is 0 Å². The maximum absolute atomic E-state index is 6.15. The summed E-state index contributed by atoms with van der Waals surface area (Å²) < 4.78 is 11.4. The first-order valence-electron chi connectivity index (χ1n) is 9.16. The van der Waals surface area contributed by atoms with E-state index in [1.165, 1.54) is 30.4 Å². The zero-order valence-electron chi connectivity index (χ0n) is 15.0. The van der Waals surface area contributed by atoms with Gasteiger partial charge in [0, 0.05) is 37.1 Å². The van der Waals surface area contributed by atoms with Crippen molar-refractivity contribution in [2.75, 3.05) is 13.7 Å². The Labute approximate surface area is 149 Å². The van der Waals surface area contributed by atoms with Crippen LogP contribution in [0.25, 0.3) is 0 Å². The Balaban J connectivity index is 1.46. The van der Waals surface area contributed by atoms with Gasteiger partial charge < -0.3 is 9.47 Å². The summed E-state index contributed by atoms with van der Waals surface area (Å²) >= 11 is 0. The van der Waals surface area contributed by atoms with Crippen LogP contribution in [0, 0.1) is 12.8 Å². The van der Waals surface area contributed by atoms with E-state index in [0.717, 1.165) is 30.6 Å². The first-order valence-corrected chi connectivity index (χ1v) is 9.16. The molecule has 2 heterocycles. The molecule has 1 saturated carbocycles. The Bertz CT molecular complexity index is 733. The van der Waals surface area contributed by atoms with Crippen molar-refractivity contribution in [2.45, 2.75) is 44.8 Å². The molecule has 2 aromatic rings. The van der Waals surface area contributed by atoms with Gasteiger partial charge in [0.05, 0.1) is 7.11 Å². The third-order valence-electron chi connectivity index (χ3n) is 5.84. The zero-order chi connectivity index (χ0) is 17.2. The van der Waals surface area contributed by atoms with Crippen molar-refractivity contribution in [2.24, 2.45) is 5.92 Å². The summed E-state index contributed by atoms with van der Waals surface area (Å²) in [5, 5.41) is 0. The summed E-state index contributed by atoms with van der Waals surface area (Å²) in [6.45, 7) is 3.90. The number of ether oxygens (including phenoxy) is 2. The summed E-state index contributed by atoms with van der Waals surface area (Å²) in [4.78, 5) is 6.89. The lowest BCUT2D eigenvalue weighted by Crippen LogP contribution is -2.43. The molecule has 1 aliphatic heterocycles. The lowest BCUT2D eigenvalue weighted by Gasteiger charge is -2.35. The van der Waals surface area contributed by atoms with Gasteiger partial charge in [-0.15, -0.1) is 0 Å². The number of hydrogen-bond acceptors (Lipinski definition) is 4. The minimum atomic E-state index is 0.498. The Kier molecular flexibility index (Phi) is 4.62. The molecular weight excluding hydrogens is 312 g/mol. The highest BCUT2D eigenvalue weighted by atomic mass is 16.5. The quantitative estimate of drug-likeness (QED) is 0.802. The molecule has 1 aliphatic carbocycles. The van der Waals surface area contributed by atoms with E-state index in [2.05, 4.69) is 22.9 Å². The van der Waals surface area contributed by atoms with Crippen molar-refractivity contribution in [3.63, 3.8) is 0 Å². The van der Waals surface area contributed by atoms with Gasteiger partial charge in [-0.25, -0.2) is 0 Å². The Morgan fingerprint density at radius 1 is 1.20 bits per heavy atom. The van der Waals surface area contributed by atoms with E-state index in [0.29, 0.717) is 12.1 Å². The molecule has 0 radical (unpaired) electrons. The van der Waals surface area contributed by atoms with Crippen molar-refractivity contribution in [3.05, 3.63) is 53.9 Å². The van der Waals surface area contributed by atoms with Crippen molar-refractivity contribution in [3.8, 4) is 11.5 Å². The summed E-state index contributed by atoms with van der Waals surface area (Å²) in [5.41, 5.74) is 2.66. The van der Waals surface area contributed by atoms with Gasteiger partial charge in [0.2, 0.25) is 0 Å². The fourth-order valence-electron chi connectivity index (χ4n) is 4.41. The molecule has 4 nitrogen and oxygen atoms in total. The second kappa shape index (κ2) is 7.04. The van der Waals surface area contributed by atoms with Gasteiger partial charge in [0.25, 0.3) is 0 Å². The molecule has 0 unspecified atom stereocenters. The van der Waals surface area contributed by atoms with Crippen molar-refractivity contribution in [1.29, 1.82) is 0 Å². The van der Waals surface area contributed by atoms with E-state index >= 15 is 0 Å². The van der Waals surface area contributed by atoms with Crippen LogP contribution in [0.4, 0.5) is 0 Å². The average Bonchev–Trinajstić information content (AvgIpc) is 3.24. The fourth-order valence-corrected chi connectivity index (χ4v) is 4.41. The first kappa shape index (κ1) is 16.4. The highest BCUT2D eigenvalue weighted by Gasteiger charge is 2.45. The largest absolute Gasteiger partial charge is 0.497 e. The molecule has 4 rings (SSSR count). The number of rotatable bonds is 6. The molecule has 1 aromatic carbocycles. The van der Waals surface area contributed by atoms with E-state index in [-0.39, 0.29) is 0 Å². The number of fused-ring (bicyclic) bond motifs is 2. The molecule has 4 heteroatoms. The van der Waals surface area contributed by atoms with Gasteiger partial charge in [-0.3, -0.25) is 9.88 Å². The number of nitrogens with zero attached hydrogens (tertiary/aromatic N) is 2. The number of aromatic nitrogens is 1. The number of hydrogen-bond donors (Lipinski definition) is 0. The molecule has 2 fully saturated rings. The van der Waals surface area contributed by atoms with E-state index in [1.807, 2.05) is 36.7 Å². The standard InChI is InChI=1S/C21H26N2O2/c1-15-12-22-9-8-17(15)13-23-18-7-6-16(10-18)21(23)14-25-20-5-3-4-19(11-20)24-2/h3-5,8-9,11-12,16,18,21H,6-7,10,13-14H2,1-2H3/t16-,18-,21+/m0/s1. The second-order valence-corrected chi connectivity index (χ2v) is 7.26. The highest BCUT2D eigenvalue weighted by molar-refractivity contribution is 5.33. The summed E-state index contributed by atoms with van der Waals surface area (Å²) in [6.07, 6.45) is 7.84. The van der Waals surface area contributed by atoms with Crippen LogP contribution in [0.2, 0.25) is 0 Å². The van der Waals surface area contributed by atoms with E-state index in [4.69, 9.17) is 9.47 Å². The van der Waals surface area contributed by atoms with Crippen LogP contribution in [0.15, 0.2) is 42.7 Å². The van der Waals surface area contributed by atoms with Crippen LogP contribution in [-0.4, -0.2) is 35.7 Å². The third-order valence-corrected chi connectivity index (χ3v) is 5.84. The zero-order valence-corrected chi connectivity index (χ0v) is 15.0. The lowest BCUT2D eigenvalue weighted by molar-refractivity contribution is 0.0865. The molecule has 2 aliphatic rings. The number of likely N-dealkylation sites (tertiary alicyclic amines) is 1. The van der Waals surface area contributed by atoms with Gasteiger partial charge in [0.1, 0.15) is 18.1 Å². The number of pyridine rings is 1. The number of methoxy groups -OCH3 is 1. The summed E-state index contributed by atoms with van der Waals surface area (Å²) in [7, 11) is 1.69. The van der Waals surface area contributed by atoms with Gasteiger partial charge in [-0.1, -0.05) is 6.07 Å². The average molecular weight is 338 g/mol. The molecule has 132 valence electrons. The molecule has 0 amide bonds. The van der Waals surface area contributed by atoms with E-state index in [1.54, 1.807) is 7.11 Å². The SMILES string of the molecule is COc1cccc(OC[C@@H]2[C@H]3CC[C@@H](C3)N2Cc2ccncc2C)c1. The minimum absolute atomic E-state index is 0.498. The predicted octanol–water partition coefficient (Wildman–Crippen LogP) is 3.83. The van der Waals surface area contributed by atoms with Crippen LogP contribution < -0.4 is 9.47 Å². The van der Waals surface area contributed by atoms with Crippen LogP contribution in [0.5, 0.6) is 11.5 Å². The fraction of sp³-hybridized carbons (Fsp3) is 0.476. The molecule has 3 atom stereocenters. The van der Waals surface area contributed by atoms with Crippen LogP contribution >= 0.6 is 0 Å². The van der Waals surface area contributed by atoms with Crippen molar-refractivity contribution >= 4 is 0 Å². The molecule has 1 aromatic heterocycles. The van der Waals surface area contributed by atoms with Crippen molar-refractivity contribution < 1.29 is 9.47 Å². The van der Waals surface area contributed by atoms with Crippen LogP contribution in [-0.2, 0) is 6.54 Å². The van der Waals surface area contributed by atoms with E-state index < -0.39 is 0 Å². The molecule has 2 bridgehead atoms. The lowest BCUT2D eigenvalue weighted by atomic mass is 9.98. The van der Waals surface area contributed by atoms with Gasteiger partial charge in [0.15, 0.2) is 0 Å². The normalized spacial score (nSPS) is 25.3. The minimum Gasteiger partial charge on any atom is -0.497 e. The maximum atomic E-state index is 6.15. The monoisotopic (exact) mass is 338 g/mol. The Morgan fingerprint density at radius 3 is 2.92 bits per heavy atom. The number of piperidine rings is 1. The van der Waals surface area contributed by atoms with Crippen LogP contribution in [0.3, 0.4) is 0 Å². The first-order chi connectivity index (χ1) is 12.2. The van der Waals surface area contributed by atoms with Gasteiger partial charge in [-0.05, 0) is 61.4 Å². The van der Waals surface area contributed by atoms with Gasteiger partial charge >= 0.3 is 0 Å². The third kappa shape index (κ3) is 3.36. The maximum Gasteiger partial charge on any atom is 0.123 e. The Hall–Kier alpha value is -2.07. The smallest absolute Gasteiger partial charge is 0.123 e. The van der Waals surface area contributed by atoms with Crippen molar-refractivity contribution in [1.82, 2.24) is 9.88 Å². The highest BCUT2D eigenvalue weighted by Crippen LogP contribution is 2.43. The molecule has 1 saturated heterocycles.